The number of hydrogen-bond acceptors (Lipinski definition) is 2. The molecule has 0 atom stereocenters. The summed E-state index contributed by atoms with van der Waals surface area (Å²) in [6.45, 7) is 4.80. The van der Waals surface area contributed by atoms with Gasteiger partial charge in [0.25, 0.3) is 0 Å². The molecule has 2 rings (SSSR count). The number of amides is 2. The summed E-state index contributed by atoms with van der Waals surface area (Å²) >= 11 is 0. The molecule has 0 saturated carbocycles. The number of benzene rings is 2. The van der Waals surface area contributed by atoms with Gasteiger partial charge >= 0.3 is 6.18 Å². The molecule has 0 spiro atoms. The Balaban J connectivity index is 2.15. The molecule has 2 aromatic rings. The van der Waals surface area contributed by atoms with Crippen LogP contribution in [-0.2, 0) is 15.8 Å². The molecule has 7 heteroatoms. The van der Waals surface area contributed by atoms with Crippen molar-refractivity contribution in [3.05, 3.63) is 59.2 Å². The van der Waals surface area contributed by atoms with Gasteiger partial charge in [-0.15, -0.1) is 0 Å². The predicted octanol–water partition coefficient (Wildman–Crippen LogP) is 4.70. The number of rotatable bonds is 5. The standard InChI is InChI=1S/C20H21F3N2O2/c1-13-7-6-9-17(14(13)2)24-19(27)11-12-25(15(3)26)18-10-5-4-8-16(18)20(21,22)23/h4-10H,11-12H2,1-3H3,(H,24,27). The van der Waals surface area contributed by atoms with Crippen LogP contribution in [0.2, 0.25) is 0 Å². The molecule has 0 saturated heterocycles. The highest BCUT2D eigenvalue weighted by molar-refractivity contribution is 5.95. The molecule has 2 amide bonds. The van der Waals surface area contributed by atoms with Crippen molar-refractivity contribution in [3.8, 4) is 0 Å². The SMILES string of the molecule is CC(=O)N(CCC(=O)Nc1cccc(C)c1C)c1ccccc1C(F)(F)F. The van der Waals surface area contributed by atoms with Gasteiger partial charge in [0.05, 0.1) is 11.3 Å². The predicted molar refractivity (Wildman–Crippen MR) is 98.6 cm³/mol. The lowest BCUT2D eigenvalue weighted by Gasteiger charge is -2.24. The summed E-state index contributed by atoms with van der Waals surface area (Å²) in [7, 11) is 0. The van der Waals surface area contributed by atoms with Crippen LogP contribution in [0.4, 0.5) is 24.5 Å². The zero-order valence-electron chi connectivity index (χ0n) is 15.4. The molecular formula is C20H21F3N2O2. The normalized spacial score (nSPS) is 11.2. The number of aryl methyl sites for hydroxylation is 1. The van der Waals surface area contributed by atoms with Crippen LogP contribution in [0.15, 0.2) is 42.5 Å². The van der Waals surface area contributed by atoms with E-state index in [2.05, 4.69) is 5.32 Å². The van der Waals surface area contributed by atoms with Crippen molar-refractivity contribution in [2.75, 3.05) is 16.8 Å². The van der Waals surface area contributed by atoms with Crippen LogP contribution in [-0.4, -0.2) is 18.4 Å². The first kappa shape index (κ1) is 20.5. The second-order valence-corrected chi connectivity index (χ2v) is 6.23. The zero-order valence-corrected chi connectivity index (χ0v) is 15.4. The largest absolute Gasteiger partial charge is 0.418 e. The summed E-state index contributed by atoms with van der Waals surface area (Å²) in [6.07, 6.45) is -4.72. The number of nitrogens with one attached hydrogen (secondary N) is 1. The molecule has 0 aliphatic carbocycles. The van der Waals surface area contributed by atoms with Crippen molar-refractivity contribution in [2.24, 2.45) is 0 Å². The summed E-state index contributed by atoms with van der Waals surface area (Å²) in [5, 5.41) is 2.74. The molecule has 0 aromatic heterocycles. The molecule has 0 radical (unpaired) electrons. The van der Waals surface area contributed by atoms with Crippen LogP contribution < -0.4 is 10.2 Å². The molecule has 144 valence electrons. The highest BCUT2D eigenvalue weighted by Gasteiger charge is 2.35. The molecule has 0 aliphatic heterocycles. The average molecular weight is 378 g/mol. The molecule has 0 unspecified atom stereocenters. The number of anilines is 2. The van der Waals surface area contributed by atoms with Gasteiger partial charge in [0.1, 0.15) is 0 Å². The topological polar surface area (TPSA) is 49.4 Å². The Morgan fingerprint density at radius 3 is 2.33 bits per heavy atom. The van der Waals surface area contributed by atoms with Crippen LogP contribution in [0, 0.1) is 13.8 Å². The lowest BCUT2D eigenvalue weighted by molar-refractivity contribution is -0.137. The van der Waals surface area contributed by atoms with Gasteiger partial charge in [-0.25, -0.2) is 0 Å². The van der Waals surface area contributed by atoms with Crippen molar-refractivity contribution in [2.45, 2.75) is 33.4 Å². The summed E-state index contributed by atoms with van der Waals surface area (Å²) < 4.78 is 39.7. The molecule has 4 nitrogen and oxygen atoms in total. The van der Waals surface area contributed by atoms with Crippen LogP contribution >= 0.6 is 0 Å². The van der Waals surface area contributed by atoms with Gasteiger partial charge in [0.15, 0.2) is 0 Å². The van der Waals surface area contributed by atoms with Gasteiger partial charge in [0, 0.05) is 25.6 Å². The minimum Gasteiger partial charge on any atom is -0.326 e. The van der Waals surface area contributed by atoms with Gasteiger partial charge in [-0.2, -0.15) is 13.2 Å². The van der Waals surface area contributed by atoms with E-state index in [1.54, 1.807) is 12.1 Å². The van der Waals surface area contributed by atoms with Gasteiger partial charge in [-0.1, -0.05) is 24.3 Å². The van der Waals surface area contributed by atoms with Crippen LogP contribution in [0.25, 0.3) is 0 Å². The second kappa shape index (κ2) is 8.24. The monoisotopic (exact) mass is 378 g/mol. The van der Waals surface area contributed by atoms with Crippen molar-refractivity contribution in [1.82, 2.24) is 0 Å². The van der Waals surface area contributed by atoms with E-state index in [-0.39, 0.29) is 24.6 Å². The number of alkyl halides is 3. The Kier molecular flexibility index (Phi) is 6.25. The number of carbonyl (C=O) groups is 2. The molecule has 0 heterocycles. The van der Waals surface area contributed by atoms with E-state index in [0.717, 1.165) is 22.1 Å². The Morgan fingerprint density at radius 1 is 1.04 bits per heavy atom. The van der Waals surface area contributed by atoms with E-state index in [0.29, 0.717) is 5.69 Å². The molecule has 27 heavy (non-hydrogen) atoms. The Hall–Kier alpha value is -2.83. The Bertz CT molecular complexity index is 847. The molecule has 0 bridgehead atoms. The highest BCUT2D eigenvalue weighted by atomic mass is 19.4. The van der Waals surface area contributed by atoms with E-state index in [9.17, 15) is 22.8 Å². The number of hydrogen-bond donors (Lipinski definition) is 1. The van der Waals surface area contributed by atoms with Crippen molar-refractivity contribution >= 4 is 23.2 Å². The third-order valence-electron chi connectivity index (χ3n) is 4.32. The van der Waals surface area contributed by atoms with Crippen molar-refractivity contribution in [3.63, 3.8) is 0 Å². The van der Waals surface area contributed by atoms with Crippen LogP contribution in [0.1, 0.15) is 30.0 Å². The molecular weight excluding hydrogens is 357 g/mol. The quantitative estimate of drug-likeness (QED) is 0.820. The van der Waals surface area contributed by atoms with Gasteiger partial charge in [0.2, 0.25) is 11.8 Å². The summed E-state index contributed by atoms with van der Waals surface area (Å²) in [6, 6.07) is 10.3. The summed E-state index contributed by atoms with van der Waals surface area (Å²) in [4.78, 5) is 25.1. The fraction of sp³-hybridized carbons (Fsp3) is 0.300. The fourth-order valence-electron chi connectivity index (χ4n) is 2.71. The summed E-state index contributed by atoms with van der Waals surface area (Å²) in [5.41, 5.74) is 1.41. The molecule has 0 fully saturated rings. The van der Waals surface area contributed by atoms with E-state index < -0.39 is 17.6 Å². The van der Waals surface area contributed by atoms with E-state index in [4.69, 9.17) is 0 Å². The smallest absolute Gasteiger partial charge is 0.326 e. The van der Waals surface area contributed by atoms with Gasteiger partial charge in [-0.3, -0.25) is 9.59 Å². The second-order valence-electron chi connectivity index (χ2n) is 6.23. The minimum absolute atomic E-state index is 0.126. The number of nitrogens with zero attached hydrogens (tertiary/aromatic N) is 1. The zero-order chi connectivity index (χ0) is 20.2. The Morgan fingerprint density at radius 2 is 1.70 bits per heavy atom. The summed E-state index contributed by atoms with van der Waals surface area (Å²) in [5.74, 6) is -0.939. The lowest BCUT2D eigenvalue weighted by atomic mass is 10.1. The van der Waals surface area contributed by atoms with Crippen molar-refractivity contribution < 1.29 is 22.8 Å². The van der Waals surface area contributed by atoms with Crippen LogP contribution in [0.3, 0.4) is 0 Å². The minimum atomic E-state index is -4.59. The van der Waals surface area contributed by atoms with Crippen LogP contribution in [0.5, 0.6) is 0 Å². The lowest BCUT2D eigenvalue weighted by Crippen LogP contribution is -2.33. The molecule has 2 aromatic carbocycles. The molecule has 0 aliphatic rings. The fourth-order valence-corrected chi connectivity index (χ4v) is 2.71. The third kappa shape index (κ3) is 5.09. The average Bonchev–Trinajstić information content (AvgIpc) is 2.58. The van der Waals surface area contributed by atoms with E-state index >= 15 is 0 Å². The number of halogens is 3. The Labute approximate surface area is 156 Å². The van der Waals surface area contributed by atoms with Gasteiger partial charge in [-0.05, 0) is 43.2 Å². The maximum absolute atomic E-state index is 13.2. The number of para-hydroxylation sites is 1. The maximum atomic E-state index is 13.2. The van der Waals surface area contributed by atoms with E-state index in [1.165, 1.54) is 25.1 Å². The first-order valence-corrected chi connectivity index (χ1v) is 8.41. The highest BCUT2D eigenvalue weighted by Crippen LogP contribution is 2.36. The third-order valence-corrected chi connectivity index (χ3v) is 4.32. The van der Waals surface area contributed by atoms with Crippen molar-refractivity contribution in [1.29, 1.82) is 0 Å². The number of carbonyl (C=O) groups excluding carboxylic acids is 2. The first-order chi connectivity index (χ1) is 12.6. The molecule has 1 N–H and O–H groups in total. The van der Waals surface area contributed by atoms with Gasteiger partial charge < -0.3 is 10.2 Å². The maximum Gasteiger partial charge on any atom is 0.418 e. The van der Waals surface area contributed by atoms with E-state index in [1.807, 2.05) is 19.9 Å². The first-order valence-electron chi connectivity index (χ1n) is 8.41.